The quantitative estimate of drug-likeness (QED) is 0.423. The van der Waals surface area contributed by atoms with E-state index in [1.165, 1.54) is 28.5 Å². The van der Waals surface area contributed by atoms with Crippen LogP contribution < -0.4 is 4.90 Å². The molecule has 1 heterocycles. The van der Waals surface area contributed by atoms with Crippen molar-refractivity contribution in [1.82, 2.24) is 5.01 Å². The van der Waals surface area contributed by atoms with Gasteiger partial charge in [-0.3, -0.25) is 15.1 Å². The molecule has 0 spiro atoms. The molecule has 3 aromatic rings. The molecule has 0 atom stereocenters. The van der Waals surface area contributed by atoms with Crippen molar-refractivity contribution in [3.63, 3.8) is 0 Å². The smallest absolute Gasteiger partial charge is 0.269 e. The fraction of sp³-hybridized carbons (Fsp3) is 0.227. The van der Waals surface area contributed by atoms with E-state index >= 15 is 0 Å². The molecule has 0 bridgehead atoms. The topological polar surface area (TPSA) is 63.2 Å². The molecular weight excluding hydrogens is 352 g/mol. The lowest BCUT2D eigenvalue weighted by Gasteiger charge is -2.30. The van der Waals surface area contributed by atoms with Crippen LogP contribution >= 0.6 is 0 Å². The van der Waals surface area contributed by atoms with E-state index in [2.05, 4.69) is 52.6 Å². The Labute approximate surface area is 163 Å². The first-order valence-electron chi connectivity index (χ1n) is 9.53. The maximum Gasteiger partial charge on any atom is 0.269 e. The van der Waals surface area contributed by atoms with Crippen LogP contribution in [0.4, 0.5) is 5.69 Å². The average molecular weight is 375 g/mol. The minimum atomic E-state index is -0.390. The van der Waals surface area contributed by atoms with E-state index in [0.717, 1.165) is 38.3 Å². The number of piperazine rings is 1. The van der Waals surface area contributed by atoms with E-state index in [1.54, 1.807) is 23.2 Å². The van der Waals surface area contributed by atoms with Gasteiger partial charge in [0.25, 0.3) is 5.69 Å². The summed E-state index contributed by atoms with van der Waals surface area (Å²) in [7, 11) is 0. The third-order valence-electron chi connectivity index (χ3n) is 5.24. The SMILES string of the molecule is O=[N+]([O-])c1ccc(C=NN2CC[NH+](Cc3cccc4ccccc34)CC2)cc1. The maximum absolute atomic E-state index is 10.7. The van der Waals surface area contributed by atoms with Gasteiger partial charge in [-0.05, 0) is 28.5 Å². The lowest BCUT2D eigenvalue weighted by Crippen LogP contribution is -3.13. The minimum Gasteiger partial charge on any atom is -0.328 e. The van der Waals surface area contributed by atoms with Crippen LogP contribution in [0.25, 0.3) is 10.8 Å². The molecule has 1 aliphatic rings. The van der Waals surface area contributed by atoms with Crippen molar-refractivity contribution in [3.8, 4) is 0 Å². The second-order valence-corrected chi connectivity index (χ2v) is 7.11. The summed E-state index contributed by atoms with van der Waals surface area (Å²) in [5.74, 6) is 0. The molecule has 28 heavy (non-hydrogen) atoms. The maximum atomic E-state index is 10.7. The highest BCUT2D eigenvalue weighted by atomic mass is 16.6. The molecule has 0 aliphatic carbocycles. The third-order valence-corrected chi connectivity index (χ3v) is 5.24. The Morgan fingerprint density at radius 2 is 1.71 bits per heavy atom. The van der Waals surface area contributed by atoms with Crippen LogP contribution in [-0.2, 0) is 6.54 Å². The molecule has 142 valence electrons. The molecule has 4 rings (SSSR count). The Bertz CT molecular complexity index is 988. The van der Waals surface area contributed by atoms with Crippen molar-refractivity contribution in [2.45, 2.75) is 6.54 Å². The Morgan fingerprint density at radius 3 is 2.46 bits per heavy atom. The number of hydrazone groups is 1. The summed E-state index contributed by atoms with van der Waals surface area (Å²) in [4.78, 5) is 11.9. The molecule has 0 unspecified atom stereocenters. The van der Waals surface area contributed by atoms with Gasteiger partial charge in [0, 0.05) is 17.7 Å². The van der Waals surface area contributed by atoms with Gasteiger partial charge in [0.15, 0.2) is 0 Å². The van der Waals surface area contributed by atoms with E-state index in [1.807, 2.05) is 0 Å². The Morgan fingerprint density at radius 1 is 1.00 bits per heavy atom. The van der Waals surface area contributed by atoms with Crippen molar-refractivity contribution in [2.24, 2.45) is 5.10 Å². The van der Waals surface area contributed by atoms with E-state index in [4.69, 9.17) is 0 Å². The van der Waals surface area contributed by atoms with Crippen molar-refractivity contribution in [2.75, 3.05) is 26.2 Å². The minimum absolute atomic E-state index is 0.0998. The van der Waals surface area contributed by atoms with Crippen LogP contribution in [0.5, 0.6) is 0 Å². The number of nitrogens with zero attached hydrogens (tertiary/aromatic N) is 3. The first-order chi connectivity index (χ1) is 13.7. The van der Waals surface area contributed by atoms with E-state index < -0.39 is 4.92 Å². The van der Waals surface area contributed by atoms with Gasteiger partial charge in [-0.2, -0.15) is 5.10 Å². The predicted molar refractivity (Wildman–Crippen MR) is 111 cm³/mol. The van der Waals surface area contributed by atoms with Gasteiger partial charge in [0.2, 0.25) is 0 Å². The molecule has 1 aliphatic heterocycles. The van der Waals surface area contributed by atoms with Crippen LogP contribution in [-0.4, -0.2) is 42.3 Å². The summed E-state index contributed by atoms with van der Waals surface area (Å²) in [6.45, 7) is 4.93. The first-order valence-corrected chi connectivity index (χ1v) is 9.53. The number of quaternary nitrogens is 1. The number of fused-ring (bicyclic) bond motifs is 1. The summed E-state index contributed by atoms with van der Waals surface area (Å²) in [6.07, 6.45) is 1.78. The third kappa shape index (κ3) is 4.18. The van der Waals surface area contributed by atoms with Crippen LogP contribution in [0.2, 0.25) is 0 Å². The molecular formula is C22H23N4O2+. The summed E-state index contributed by atoms with van der Waals surface area (Å²) >= 11 is 0. The van der Waals surface area contributed by atoms with Gasteiger partial charge in [-0.25, -0.2) is 0 Å². The van der Waals surface area contributed by atoms with Gasteiger partial charge in [-0.15, -0.1) is 0 Å². The van der Waals surface area contributed by atoms with Crippen molar-refractivity contribution in [3.05, 3.63) is 88.0 Å². The van der Waals surface area contributed by atoms with Gasteiger partial charge >= 0.3 is 0 Å². The van der Waals surface area contributed by atoms with E-state index in [9.17, 15) is 10.1 Å². The Balaban J connectivity index is 1.33. The molecule has 6 nitrogen and oxygen atoms in total. The van der Waals surface area contributed by atoms with Crippen LogP contribution in [0.3, 0.4) is 0 Å². The zero-order valence-electron chi connectivity index (χ0n) is 15.6. The molecule has 0 radical (unpaired) electrons. The van der Waals surface area contributed by atoms with Crippen molar-refractivity contribution < 1.29 is 9.82 Å². The van der Waals surface area contributed by atoms with E-state index in [-0.39, 0.29) is 5.69 Å². The lowest BCUT2D eigenvalue weighted by molar-refractivity contribution is -0.918. The van der Waals surface area contributed by atoms with Crippen LogP contribution in [0.15, 0.2) is 71.8 Å². The summed E-state index contributed by atoms with van der Waals surface area (Å²) in [5, 5.41) is 20.0. The molecule has 0 saturated carbocycles. The number of nitro benzene ring substituents is 1. The largest absolute Gasteiger partial charge is 0.328 e. The zero-order valence-corrected chi connectivity index (χ0v) is 15.6. The number of non-ortho nitro benzene ring substituents is 1. The van der Waals surface area contributed by atoms with Crippen LogP contribution in [0, 0.1) is 10.1 Å². The van der Waals surface area contributed by atoms with Crippen molar-refractivity contribution >= 4 is 22.7 Å². The Hall–Kier alpha value is -3.25. The monoisotopic (exact) mass is 375 g/mol. The van der Waals surface area contributed by atoms with E-state index in [0.29, 0.717) is 0 Å². The first kappa shape index (κ1) is 18.1. The molecule has 0 amide bonds. The number of hydrogen-bond donors (Lipinski definition) is 1. The number of hydrogen-bond acceptors (Lipinski definition) is 4. The van der Waals surface area contributed by atoms with Gasteiger partial charge in [-0.1, -0.05) is 42.5 Å². The fourth-order valence-electron chi connectivity index (χ4n) is 3.65. The Kier molecular flexibility index (Phi) is 5.30. The highest BCUT2D eigenvalue weighted by Crippen LogP contribution is 2.17. The normalized spacial score (nSPS) is 15.4. The van der Waals surface area contributed by atoms with Gasteiger partial charge in [0.05, 0.1) is 37.3 Å². The molecule has 1 fully saturated rings. The number of benzene rings is 3. The number of nitro groups is 1. The molecule has 0 aromatic heterocycles. The zero-order chi connectivity index (χ0) is 19.3. The average Bonchev–Trinajstić information content (AvgIpc) is 2.74. The second kappa shape index (κ2) is 8.19. The fourth-order valence-corrected chi connectivity index (χ4v) is 3.65. The van der Waals surface area contributed by atoms with Gasteiger partial charge in [0.1, 0.15) is 6.54 Å². The summed E-state index contributed by atoms with van der Waals surface area (Å²) in [6, 6.07) is 21.6. The summed E-state index contributed by atoms with van der Waals surface area (Å²) in [5.41, 5.74) is 2.37. The molecule has 1 saturated heterocycles. The highest BCUT2D eigenvalue weighted by molar-refractivity contribution is 5.85. The number of nitrogens with one attached hydrogen (secondary N) is 1. The summed E-state index contributed by atoms with van der Waals surface area (Å²) < 4.78 is 0. The van der Waals surface area contributed by atoms with Crippen molar-refractivity contribution in [1.29, 1.82) is 0 Å². The standard InChI is InChI=1S/C22H22N4O2/c27-26(28)21-10-8-18(9-11-21)16-23-25-14-12-24(13-15-25)17-20-6-3-5-19-4-1-2-7-22(19)20/h1-11,16H,12-15,17H2/p+1. The molecule has 3 aromatic carbocycles. The second-order valence-electron chi connectivity index (χ2n) is 7.11. The highest BCUT2D eigenvalue weighted by Gasteiger charge is 2.19. The van der Waals surface area contributed by atoms with Crippen LogP contribution in [0.1, 0.15) is 11.1 Å². The van der Waals surface area contributed by atoms with Gasteiger partial charge < -0.3 is 4.90 Å². The lowest BCUT2D eigenvalue weighted by atomic mass is 10.0. The molecule has 1 N–H and O–H groups in total. The predicted octanol–water partition coefficient (Wildman–Crippen LogP) is 2.48. The molecule has 6 heteroatoms. The number of rotatable bonds is 5.